The van der Waals surface area contributed by atoms with E-state index in [0.717, 1.165) is 5.69 Å². The molecule has 8 heteroatoms. The highest BCUT2D eigenvalue weighted by molar-refractivity contribution is 7.98. The summed E-state index contributed by atoms with van der Waals surface area (Å²) in [5.41, 5.74) is 1.28. The van der Waals surface area contributed by atoms with Crippen molar-refractivity contribution in [3.8, 4) is 29.0 Å². The molecule has 0 aliphatic carbocycles. The Morgan fingerprint density at radius 3 is 2.60 bits per heavy atom. The third kappa shape index (κ3) is 3.67. The SMILES string of the molecule is CSc1nc(-c2ccc(Oc3cncc(C)n3)cc2)c(C#N)c(=O)[nH]1. The maximum Gasteiger partial charge on any atom is 0.270 e. The lowest BCUT2D eigenvalue weighted by Gasteiger charge is -2.07. The summed E-state index contributed by atoms with van der Waals surface area (Å²) in [6.45, 7) is 1.83. The number of rotatable bonds is 4. The maximum atomic E-state index is 12.0. The lowest BCUT2D eigenvalue weighted by molar-refractivity contribution is 0.459. The molecule has 1 aromatic carbocycles. The zero-order valence-electron chi connectivity index (χ0n) is 13.5. The molecule has 124 valence electrons. The number of benzene rings is 1. The van der Waals surface area contributed by atoms with Gasteiger partial charge in [0.25, 0.3) is 5.56 Å². The summed E-state index contributed by atoms with van der Waals surface area (Å²) >= 11 is 1.30. The standard InChI is InChI=1S/C17H13N5O2S/c1-10-8-19-9-14(20-10)24-12-5-3-11(4-6-12)15-13(7-18)16(23)22-17(21-15)25-2/h3-6,8-9H,1-2H3,(H,21,22,23). The molecule has 0 fully saturated rings. The van der Waals surface area contributed by atoms with Crippen molar-refractivity contribution in [2.24, 2.45) is 0 Å². The number of aromatic amines is 1. The molecule has 7 nitrogen and oxygen atoms in total. The van der Waals surface area contributed by atoms with E-state index >= 15 is 0 Å². The van der Waals surface area contributed by atoms with Gasteiger partial charge in [0.05, 0.1) is 17.6 Å². The Kier molecular flexibility index (Phi) is 4.77. The second-order valence-electron chi connectivity index (χ2n) is 5.04. The van der Waals surface area contributed by atoms with Crippen molar-refractivity contribution in [1.82, 2.24) is 19.9 Å². The minimum Gasteiger partial charge on any atom is -0.437 e. The van der Waals surface area contributed by atoms with Crippen molar-refractivity contribution in [1.29, 1.82) is 5.26 Å². The zero-order valence-corrected chi connectivity index (χ0v) is 14.3. The predicted octanol–water partition coefficient (Wildman–Crippen LogP) is 2.92. The summed E-state index contributed by atoms with van der Waals surface area (Å²) in [5, 5.41) is 9.70. The fraction of sp³-hybridized carbons (Fsp3) is 0.118. The number of H-pyrrole nitrogens is 1. The predicted molar refractivity (Wildman–Crippen MR) is 93.6 cm³/mol. The van der Waals surface area contributed by atoms with Gasteiger partial charge in [0, 0.05) is 11.8 Å². The van der Waals surface area contributed by atoms with Gasteiger partial charge >= 0.3 is 0 Å². The first-order chi connectivity index (χ1) is 12.1. The average Bonchev–Trinajstić information content (AvgIpc) is 2.61. The molecule has 0 atom stereocenters. The molecule has 0 saturated carbocycles. The van der Waals surface area contributed by atoms with Gasteiger partial charge in [-0.1, -0.05) is 11.8 Å². The van der Waals surface area contributed by atoms with Crippen LogP contribution < -0.4 is 10.3 Å². The smallest absolute Gasteiger partial charge is 0.270 e. The number of ether oxygens (including phenoxy) is 1. The van der Waals surface area contributed by atoms with Gasteiger partial charge < -0.3 is 9.72 Å². The first-order valence-corrected chi connectivity index (χ1v) is 8.48. The second-order valence-corrected chi connectivity index (χ2v) is 5.83. The summed E-state index contributed by atoms with van der Waals surface area (Å²) in [5.74, 6) is 0.960. The van der Waals surface area contributed by atoms with E-state index in [-0.39, 0.29) is 5.56 Å². The Labute approximate surface area is 147 Å². The fourth-order valence-electron chi connectivity index (χ4n) is 2.15. The molecule has 3 rings (SSSR count). The number of aryl methyl sites for hydroxylation is 1. The molecule has 3 aromatic rings. The third-order valence-electron chi connectivity index (χ3n) is 3.29. The third-order valence-corrected chi connectivity index (χ3v) is 3.87. The Balaban J connectivity index is 1.94. The van der Waals surface area contributed by atoms with Crippen LogP contribution in [0.15, 0.2) is 46.6 Å². The van der Waals surface area contributed by atoms with Gasteiger partial charge in [-0.2, -0.15) is 5.26 Å². The lowest BCUT2D eigenvalue weighted by Crippen LogP contribution is -2.14. The van der Waals surface area contributed by atoms with Crippen LogP contribution in [0, 0.1) is 18.3 Å². The van der Waals surface area contributed by atoms with Crippen molar-refractivity contribution in [3.63, 3.8) is 0 Å². The van der Waals surface area contributed by atoms with Gasteiger partial charge in [-0.3, -0.25) is 9.78 Å². The second kappa shape index (κ2) is 7.15. The molecule has 0 aliphatic rings. The van der Waals surface area contributed by atoms with Crippen LogP contribution in [-0.2, 0) is 0 Å². The number of nitrogens with zero attached hydrogens (tertiary/aromatic N) is 4. The zero-order chi connectivity index (χ0) is 17.8. The van der Waals surface area contributed by atoms with E-state index < -0.39 is 5.56 Å². The van der Waals surface area contributed by atoms with Crippen LogP contribution in [0.3, 0.4) is 0 Å². The summed E-state index contributed by atoms with van der Waals surface area (Å²) in [6, 6.07) is 8.84. The van der Waals surface area contributed by atoms with E-state index in [1.807, 2.05) is 13.0 Å². The molecular weight excluding hydrogens is 338 g/mol. The number of nitriles is 1. The van der Waals surface area contributed by atoms with Crippen molar-refractivity contribution in [2.45, 2.75) is 12.1 Å². The molecule has 0 saturated heterocycles. The van der Waals surface area contributed by atoms with Crippen LogP contribution in [0.1, 0.15) is 11.3 Å². The first-order valence-electron chi connectivity index (χ1n) is 7.26. The summed E-state index contributed by atoms with van der Waals surface area (Å²) in [6.07, 6.45) is 4.97. The molecule has 0 radical (unpaired) electrons. The highest BCUT2D eigenvalue weighted by atomic mass is 32.2. The van der Waals surface area contributed by atoms with Crippen LogP contribution in [0.5, 0.6) is 11.6 Å². The van der Waals surface area contributed by atoms with Crippen LogP contribution in [-0.4, -0.2) is 26.2 Å². The average molecular weight is 351 g/mol. The van der Waals surface area contributed by atoms with E-state index in [4.69, 9.17) is 4.74 Å². The monoisotopic (exact) mass is 351 g/mol. The number of aromatic nitrogens is 4. The van der Waals surface area contributed by atoms with E-state index in [2.05, 4.69) is 19.9 Å². The number of hydrogen-bond acceptors (Lipinski definition) is 7. The van der Waals surface area contributed by atoms with E-state index in [1.165, 1.54) is 18.0 Å². The molecule has 2 heterocycles. The van der Waals surface area contributed by atoms with Gasteiger partial charge in [-0.25, -0.2) is 9.97 Å². The lowest BCUT2D eigenvalue weighted by atomic mass is 10.1. The molecule has 2 aromatic heterocycles. The van der Waals surface area contributed by atoms with Crippen LogP contribution >= 0.6 is 11.8 Å². The highest BCUT2D eigenvalue weighted by Gasteiger charge is 2.13. The topological polar surface area (TPSA) is 105 Å². The Morgan fingerprint density at radius 2 is 1.96 bits per heavy atom. The molecule has 0 unspecified atom stereocenters. The Hall–Kier alpha value is -3.18. The highest BCUT2D eigenvalue weighted by Crippen LogP contribution is 2.25. The van der Waals surface area contributed by atoms with Crippen molar-refractivity contribution >= 4 is 11.8 Å². The number of hydrogen-bond donors (Lipinski definition) is 1. The summed E-state index contributed by atoms with van der Waals surface area (Å²) < 4.78 is 5.64. The molecular formula is C17H13N5O2S. The fourth-order valence-corrected chi connectivity index (χ4v) is 2.53. The minimum absolute atomic E-state index is 0.0176. The van der Waals surface area contributed by atoms with Crippen molar-refractivity contribution < 1.29 is 4.74 Å². The molecule has 0 spiro atoms. The largest absolute Gasteiger partial charge is 0.437 e. The van der Waals surface area contributed by atoms with Gasteiger partial charge in [0.2, 0.25) is 5.88 Å². The van der Waals surface area contributed by atoms with Crippen molar-refractivity contribution in [2.75, 3.05) is 6.26 Å². The van der Waals surface area contributed by atoms with Crippen LogP contribution in [0.25, 0.3) is 11.3 Å². The van der Waals surface area contributed by atoms with Crippen molar-refractivity contribution in [3.05, 3.63) is 58.3 Å². The van der Waals surface area contributed by atoms with E-state index in [1.54, 1.807) is 36.7 Å². The van der Waals surface area contributed by atoms with Crippen LogP contribution in [0.4, 0.5) is 0 Å². The molecule has 25 heavy (non-hydrogen) atoms. The van der Waals surface area contributed by atoms with Gasteiger partial charge in [-0.15, -0.1) is 0 Å². The normalized spacial score (nSPS) is 10.3. The van der Waals surface area contributed by atoms with Gasteiger partial charge in [0.15, 0.2) is 5.16 Å². The summed E-state index contributed by atoms with van der Waals surface area (Å²) in [7, 11) is 0. The Morgan fingerprint density at radius 1 is 1.20 bits per heavy atom. The van der Waals surface area contributed by atoms with E-state index in [0.29, 0.717) is 28.0 Å². The van der Waals surface area contributed by atoms with Gasteiger partial charge in [0.1, 0.15) is 17.4 Å². The molecule has 0 aliphatic heterocycles. The molecule has 1 N–H and O–H groups in total. The Bertz CT molecular complexity index is 1010. The summed E-state index contributed by atoms with van der Waals surface area (Å²) in [4.78, 5) is 27.1. The quantitative estimate of drug-likeness (QED) is 0.569. The number of nitrogens with one attached hydrogen (secondary N) is 1. The maximum absolute atomic E-state index is 12.0. The molecule has 0 bridgehead atoms. The minimum atomic E-state index is -0.452. The number of thioether (sulfide) groups is 1. The van der Waals surface area contributed by atoms with Crippen LogP contribution in [0.2, 0.25) is 0 Å². The first kappa shape index (κ1) is 16.7. The van der Waals surface area contributed by atoms with Gasteiger partial charge in [-0.05, 0) is 37.4 Å². The van der Waals surface area contributed by atoms with E-state index in [9.17, 15) is 10.1 Å². The molecule has 0 amide bonds.